The number of halogens is 6. The van der Waals surface area contributed by atoms with Gasteiger partial charge in [0.2, 0.25) is 0 Å². The van der Waals surface area contributed by atoms with Crippen LogP contribution < -0.4 is 5.73 Å². The lowest BCUT2D eigenvalue weighted by Crippen LogP contribution is -2.44. The lowest BCUT2D eigenvalue weighted by molar-refractivity contribution is -0.143. The van der Waals surface area contributed by atoms with Crippen LogP contribution in [-0.4, -0.2) is 15.5 Å². The quantitative estimate of drug-likeness (QED) is 0.696. The minimum absolute atomic E-state index is 0.0982. The monoisotopic (exact) mass is 391 g/mol. The molecular formula is C18H19F6N3. The lowest BCUT2D eigenvalue weighted by Gasteiger charge is -2.32. The van der Waals surface area contributed by atoms with Gasteiger partial charge in [0, 0.05) is 17.5 Å². The van der Waals surface area contributed by atoms with E-state index < -0.39 is 29.0 Å². The van der Waals surface area contributed by atoms with Gasteiger partial charge in [-0.05, 0) is 31.0 Å². The minimum Gasteiger partial charge on any atom is -0.342 e. The smallest absolute Gasteiger partial charge is 0.342 e. The van der Waals surface area contributed by atoms with Crippen molar-refractivity contribution in [1.82, 2.24) is 9.97 Å². The fourth-order valence-corrected chi connectivity index (χ4v) is 3.48. The molecule has 1 aliphatic carbocycles. The van der Waals surface area contributed by atoms with Crippen LogP contribution in [0.25, 0.3) is 11.3 Å². The molecular weight excluding hydrogens is 372 g/mol. The maximum atomic E-state index is 13.0. The number of imidazole rings is 1. The molecule has 9 heteroatoms. The first-order valence-electron chi connectivity index (χ1n) is 8.59. The normalized spacial score (nSPS) is 17.9. The largest absolute Gasteiger partial charge is 0.416 e. The number of aromatic amines is 1. The molecule has 148 valence electrons. The number of benzene rings is 1. The molecule has 0 aliphatic heterocycles. The second-order valence-electron chi connectivity index (χ2n) is 7.14. The van der Waals surface area contributed by atoms with Crippen LogP contribution in [0, 0.1) is 0 Å². The van der Waals surface area contributed by atoms with Crippen molar-refractivity contribution < 1.29 is 26.3 Å². The van der Waals surface area contributed by atoms with E-state index >= 15 is 0 Å². The van der Waals surface area contributed by atoms with E-state index in [4.69, 9.17) is 5.73 Å². The van der Waals surface area contributed by atoms with Crippen LogP contribution in [0.5, 0.6) is 0 Å². The number of H-pyrrole nitrogens is 1. The predicted octanol–water partition coefficient (Wildman–Crippen LogP) is 5.32. The van der Waals surface area contributed by atoms with Crippen LogP contribution in [0.4, 0.5) is 26.3 Å². The van der Waals surface area contributed by atoms with Gasteiger partial charge < -0.3 is 10.7 Å². The summed E-state index contributed by atoms with van der Waals surface area (Å²) in [5.41, 5.74) is 3.07. The van der Waals surface area contributed by atoms with Gasteiger partial charge in [-0.1, -0.05) is 19.3 Å². The standard InChI is InChI=1S/C18H19F6N3/c19-17(20,21)12-6-11(7-13(8-12)18(22,23)24)14-10-26-15(27-14)9-16(25)4-2-1-3-5-16/h6-8,10H,1-5,9,25H2,(H,26,27). The molecule has 1 aromatic carbocycles. The first-order valence-corrected chi connectivity index (χ1v) is 8.59. The fraction of sp³-hybridized carbons (Fsp3) is 0.500. The van der Waals surface area contributed by atoms with E-state index in [1.165, 1.54) is 6.20 Å². The van der Waals surface area contributed by atoms with Gasteiger partial charge in [-0.15, -0.1) is 0 Å². The molecule has 1 aromatic heterocycles. The summed E-state index contributed by atoms with van der Waals surface area (Å²) in [6, 6.07) is 1.48. The molecule has 0 atom stereocenters. The molecule has 1 heterocycles. The Kier molecular flexibility index (Phi) is 5.00. The van der Waals surface area contributed by atoms with Crippen molar-refractivity contribution in [3.63, 3.8) is 0 Å². The summed E-state index contributed by atoms with van der Waals surface area (Å²) in [7, 11) is 0. The van der Waals surface area contributed by atoms with Gasteiger partial charge in [0.25, 0.3) is 0 Å². The summed E-state index contributed by atoms with van der Waals surface area (Å²) in [4.78, 5) is 6.95. The molecule has 0 saturated heterocycles. The van der Waals surface area contributed by atoms with E-state index in [1.807, 2.05) is 0 Å². The fourth-order valence-electron chi connectivity index (χ4n) is 3.48. The zero-order chi connectivity index (χ0) is 19.9. The van der Waals surface area contributed by atoms with Crippen molar-refractivity contribution in [2.24, 2.45) is 5.73 Å². The molecule has 0 radical (unpaired) electrons. The van der Waals surface area contributed by atoms with Gasteiger partial charge in [-0.2, -0.15) is 26.3 Å². The van der Waals surface area contributed by atoms with Crippen LogP contribution >= 0.6 is 0 Å². The Morgan fingerprint density at radius 1 is 0.926 bits per heavy atom. The van der Waals surface area contributed by atoms with Gasteiger partial charge in [0.1, 0.15) is 5.82 Å². The summed E-state index contributed by atoms with van der Waals surface area (Å²) in [6.07, 6.45) is -3.42. The zero-order valence-corrected chi connectivity index (χ0v) is 14.3. The molecule has 2 aromatic rings. The van der Waals surface area contributed by atoms with Crippen molar-refractivity contribution in [2.45, 2.75) is 56.4 Å². The first kappa shape index (κ1) is 19.7. The highest BCUT2D eigenvalue weighted by atomic mass is 19.4. The molecule has 0 unspecified atom stereocenters. The topological polar surface area (TPSA) is 54.7 Å². The molecule has 3 rings (SSSR count). The Bertz CT molecular complexity index is 768. The highest BCUT2D eigenvalue weighted by molar-refractivity contribution is 5.61. The highest BCUT2D eigenvalue weighted by Crippen LogP contribution is 2.38. The van der Waals surface area contributed by atoms with E-state index in [0.717, 1.165) is 32.1 Å². The van der Waals surface area contributed by atoms with E-state index in [-0.39, 0.29) is 17.3 Å². The molecule has 0 spiro atoms. The number of nitrogens with one attached hydrogen (secondary N) is 1. The van der Waals surface area contributed by atoms with E-state index in [9.17, 15) is 26.3 Å². The molecule has 0 bridgehead atoms. The average molecular weight is 391 g/mol. The van der Waals surface area contributed by atoms with Gasteiger partial charge in [0.05, 0.1) is 23.0 Å². The number of nitrogens with zero attached hydrogens (tertiary/aromatic N) is 1. The average Bonchev–Trinajstić information content (AvgIpc) is 3.01. The maximum absolute atomic E-state index is 13.0. The Balaban J connectivity index is 1.93. The predicted molar refractivity (Wildman–Crippen MR) is 87.7 cm³/mol. The lowest BCUT2D eigenvalue weighted by atomic mass is 9.80. The number of nitrogens with two attached hydrogens (primary N) is 1. The van der Waals surface area contributed by atoms with Crippen molar-refractivity contribution >= 4 is 0 Å². The van der Waals surface area contributed by atoms with Crippen molar-refractivity contribution in [2.75, 3.05) is 0 Å². The Morgan fingerprint density at radius 3 is 2.00 bits per heavy atom. The Labute approximate surface area is 152 Å². The van der Waals surface area contributed by atoms with Gasteiger partial charge >= 0.3 is 12.4 Å². The van der Waals surface area contributed by atoms with Gasteiger partial charge in [-0.25, -0.2) is 4.98 Å². The van der Waals surface area contributed by atoms with Gasteiger partial charge in [-0.3, -0.25) is 0 Å². The molecule has 1 saturated carbocycles. The summed E-state index contributed by atoms with van der Waals surface area (Å²) >= 11 is 0. The SMILES string of the molecule is NC1(Cc2ncc(-c3cc(C(F)(F)F)cc(C(F)(F)F)c3)[nH]2)CCCCC1. The summed E-state index contributed by atoms with van der Waals surface area (Å²) in [6.45, 7) is 0. The van der Waals surface area contributed by atoms with Crippen LogP contribution in [-0.2, 0) is 18.8 Å². The third-order valence-electron chi connectivity index (χ3n) is 4.90. The zero-order valence-electron chi connectivity index (χ0n) is 14.3. The van der Waals surface area contributed by atoms with Crippen molar-refractivity contribution in [1.29, 1.82) is 0 Å². The number of alkyl halides is 6. The molecule has 3 nitrogen and oxygen atoms in total. The second kappa shape index (κ2) is 6.85. The third kappa shape index (κ3) is 4.63. The van der Waals surface area contributed by atoms with Crippen molar-refractivity contribution in [3.05, 3.63) is 41.3 Å². The maximum Gasteiger partial charge on any atom is 0.416 e. The Hall–Kier alpha value is -2.03. The second-order valence-corrected chi connectivity index (χ2v) is 7.14. The Morgan fingerprint density at radius 2 is 1.48 bits per heavy atom. The molecule has 0 amide bonds. The third-order valence-corrected chi connectivity index (χ3v) is 4.90. The van der Waals surface area contributed by atoms with Crippen LogP contribution in [0.15, 0.2) is 24.4 Å². The summed E-state index contributed by atoms with van der Waals surface area (Å²) < 4.78 is 78.0. The van der Waals surface area contributed by atoms with Crippen LogP contribution in [0.1, 0.15) is 49.1 Å². The molecule has 1 fully saturated rings. The minimum atomic E-state index is -4.89. The summed E-state index contributed by atoms with van der Waals surface area (Å²) in [5, 5.41) is 0. The van der Waals surface area contributed by atoms with Crippen LogP contribution in [0.3, 0.4) is 0 Å². The van der Waals surface area contributed by atoms with E-state index in [2.05, 4.69) is 9.97 Å². The van der Waals surface area contributed by atoms with E-state index in [0.29, 0.717) is 24.4 Å². The van der Waals surface area contributed by atoms with Crippen LogP contribution in [0.2, 0.25) is 0 Å². The first-order chi connectivity index (χ1) is 12.5. The molecule has 27 heavy (non-hydrogen) atoms. The number of rotatable bonds is 3. The number of hydrogen-bond donors (Lipinski definition) is 2. The van der Waals surface area contributed by atoms with Crippen molar-refractivity contribution in [3.8, 4) is 11.3 Å². The number of aromatic nitrogens is 2. The highest BCUT2D eigenvalue weighted by Gasteiger charge is 2.37. The summed E-state index contributed by atoms with van der Waals surface area (Å²) in [5.74, 6) is 0.459. The molecule has 3 N–H and O–H groups in total. The number of hydrogen-bond acceptors (Lipinski definition) is 2. The van der Waals surface area contributed by atoms with E-state index in [1.54, 1.807) is 0 Å². The molecule has 1 aliphatic rings. The van der Waals surface area contributed by atoms with Gasteiger partial charge in [0.15, 0.2) is 0 Å².